The number of carbonyl (C=O) groups excluding carboxylic acids is 1. The maximum Gasteiger partial charge on any atom is 0.354 e. The molecule has 0 saturated carbocycles. The van der Waals surface area contributed by atoms with Crippen molar-refractivity contribution in [2.45, 2.75) is 32.0 Å². The minimum absolute atomic E-state index is 0.323. The van der Waals surface area contributed by atoms with Crippen LogP contribution in [0.4, 0.5) is 0 Å². The van der Waals surface area contributed by atoms with Gasteiger partial charge in [0.2, 0.25) is 0 Å². The van der Waals surface area contributed by atoms with E-state index in [0.717, 1.165) is 66.3 Å². The zero-order valence-corrected chi connectivity index (χ0v) is 20.3. The smallest absolute Gasteiger partial charge is 0.354 e. The first kappa shape index (κ1) is 23.4. The van der Waals surface area contributed by atoms with Crippen molar-refractivity contribution in [3.8, 4) is 17.2 Å². The predicted octanol–water partition coefficient (Wildman–Crippen LogP) is 2.86. The van der Waals surface area contributed by atoms with Gasteiger partial charge in [-0.3, -0.25) is 4.98 Å². The summed E-state index contributed by atoms with van der Waals surface area (Å²) in [5.41, 5.74) is 2.51. The van der Waals surface area contributed by atoms with Gasteiger partial charge in [0.1, 0.15) is 24.7 Å². The van der Waals surface area contributed by atoms with Crippen LogP contribution in [0.3, 0.4) is 0 Å². The number of methoxy groups -OCH3 is 2. The zero-order valence-electron chi connectivity index (χ0n) is 20.3. The number of rotatable bonds is 8. The molecule has 1 N–H and O–H groups in total. The van der Waals surface area contributed by atoms with Crippen LogP contribution in [-0.2, 0) is 17.8 Å². The second kappa shape index (κ2) is 10.5. The summed E-state index contributed by atoms with van der Waals surface area (Å²) in [6.07, 6.45) is 3.88. The molecule has 2 aliphatic rings. The molecular weight excluding hydrogens is 448 g/mol. The lowest BCUT2D eigenvalue weighted by Gasteiger charge is -2.32. The molecule has 9 heteroatoms. The molecule has 1 aromatic carbocycles. The van der Waals surface area contributed by atoms with E-state index in [4.69, 9.17) is 18.9 Å². The Morgan fingerprint density at radius 2 is 1.89 bits per heavy atom. The van der Waals surface area contributed by atoms with Gasteiger partial charge in [-0.2, -0.15) is 0 Å². The van der Waals surface area contributed by atoms with Gasteiger partial charge in [-0.25, -0.2) is 4.79 Å². The highest BCUT2D eigenvalue weighted by molar-refractivity contribution is 5.96. The number of nitrogens with zero attached hydrogens (tertiary/aromatic N) is 3. The Balaban J connectivity index is 1.16. The minimum Gasteiger partial charge on any atom is -0.497 e. The summed E-state index contributed by atoms with van der Waals surface area (Å²) < 4.78 is 23.7. The SMILES string of the molecule is COC(=O)c1cc2ccc(OC)cc2n1CCN1CCC(NCc2cc3c(cn2)OCCO3)CC1. The van der Waals surface area contributed by atoms with E-state index in [1.807, 2.05) is 34.9 Å². The molecule has 0 bridgehead atoms. The molecule has 0 amide bonds. The molecule has 1 saturated heterocycles. The van der Waals surface area contributed by atoms with E-state index in [2.05, 4.69) is 15.2 Å². The molecule has 2 aromatic heterocycles. The molecule has 0 radical (unpaired) electrons. The number of aromatic nitrogens is 2. The van der Waals surface area contributed by atoms with Crippen molar-refractivity contribution in [2.24, 2.45) is 0 Å². The number of likely N-dealkylation sites (tertiary alicyclic amines) is 1. The van der Waals surface area contributed by atoms with Crippen LogP contribution in [0.15, 0.2) is 36.5 Å². The van der Waals surface area contributed by atoms with E-state index in [-0.39, 0.29) is 5.97 Å². The Kier molecular flexibility index (Phi) is 7.06. The Hall–Kier alpha value is -3.30. The number of carbonyl (C=O) groups is 1. The van der Waals surface area contributed by atoms with Gasteiger partial charge in [0.05, 0.1) is 31.6 Å². The zero-order chi connectivity index (χ0) is 24.2. The first-order valence-corrected chi connectivity index (χ1v) is 12.1. The van der Waals surface area contributed by atoms with Crippen molar-refractivity contribution in [3.63, 3.8) is 0 Å². The van der Waals surface area contributed by atoms with Gasteiger partial charge in [-0.15, -0.1) is 0 Å². The van der Waals surface area contributed by atoms with Gasteiger partial charge in [0.25, 0.3) is 0 Å². The van der Waals surface area contributed by atoms with Crippen LogP contribution in [0.1, 0.15) is 29.0 Å². The summed E-state index contributed by atoms with van der Waals surface area (Å²) in [5.74, 6) is 1.94. The first-order valence-electron chi connectivity index (χ1n) is 12.1. The van der Waals surface area contributed by atoms with Gasteiger partial charge in [-0.05, 0) is 44.1 Å². The fourth-order valence-electron chi connectivity index (χ4n) is 4.81. The van der Waals surface area contributed by atoms with E-state index < -0.39 is 0 Å². The molecule has 0 aliphatic carbocycles. The van der Waals surface area contributed by atoms with Crippen molar-refractivity contribution in [1.29, 1.82) is 0 Å². The molecule has 0 unspecified atom stereocenters. The lowest BCUT2D eigenvalue weighted by Crippen LogP contribution is -2.43. The number of fused-ring (bicyclic) bond motifs is 2. The topological polar surface area (TPSA) is 87.1 Å². The largest absolute Gasteiger partial charge is 0.497 e. The van der Waals surface area contributed by atoms with Crippen molar-refractivity contribution in [1.82, 2.24) is 19.8 Å². The van der Waals surface area contributed by atoms with Crippen molar-refractivity contribution in [3.05, 3.63) is 47.9 Å². The summed E-state index contributed by atoms with van der Waals surface area (Å²) >= 11 is 0. The van der Waals surface area contributed by atoms with Crippen LogP contribution < -0.4 is 19.5 Å². The fraction of sp³-hybridized carbons (Fsp3) is 0.462. The third-order valence-electron chi connectivity index (χ3n) is 6.79. The highest BCUT2D eigenvalue weighted by Gasteiger charge is 2.21. The summed E-state index contributed by atoms with van der Waals surface area (Å²) in [6, 6.07) is 10.2. The van der Waals surface area contributed by atoms with Crippen LogP contribution in [0, 0.1) is 0 Å². The number of nitrogens with one attached hydrogen (secondary N) is 1. The van der Waals surface area contributed by atoms with Crippen molar-refractivity contribution >= 4 is 16.9 Å². The van der Waals surface area contributed by atoms with Crippen molar-refractivity contribution in [2.75, 3.05) is 47.1 Å². The predicted molar refractivity (Wildman–Crippen MR) is 131 cm³/mol. The molecule has 5 rings (SSSR count). The molecule has 9 nitrogen and oxygen atoms in total. The monoisotopic (exact) mass is 480 g/mol. The molecule has 35 heavy (non-hydrogen) atoms. The average molecular weight is 481 g/mol. The van der Waals surface area contributed by atoms with Crippen LogP contribution in [0.2, 0.25) is 0 Å². The quantitative estimate of drug-likeness (QED) is 0.493. The van der Waals surface area contributed by atoms with E-state index in [9.17, 15) is 4.79 Å². The number of esters is 1. The number of hydrogen-bond acceptors (Lipinski definition) is 8. The third kappa shape index (κ3) is 5.21. The number of benzene rings is 1. The maximum absolute atomic E-state index is 12.4. The summed E-state index contributed by atoms with van der Waals surface area (Å²) in [7, 11) is 3.07. The molecule has 0 atom stereocenters. The molecular formula is C26H32N4O5. The molecule has 2 aliphatic heterocycles. The maximum atomic E-state index is 12.4. The fourth-order valence-corrected chi connectivity index (χ4v) is 4.81. The highest BCUT2D eigenvalue weighted by Crippen LogP contribution is 2.29. The van der Waals surface area contributed by atoms with Gasteiger partial charge < -0.3 is 33.7 Å². The van der Waals surface area contributed by atoms with Gasteiger partial charge in [0.15, 0.2) is 11.5 Å². The van der Waals surface area contributed by atoms with Crippen LogP contribution in [0.5, 0.6) is 17.2 Å². The Bertz CT molecular complexity index is 1190. The summed E-state index contributed by atoms with van der Waals surface area (Å²) in [4.78, 5) is 19.3. The van der Waals surface area contributed by atoms with E-state index in [1.54, 1.807) is 13.3 Å². The first-order chi connectivity index (χ1) is 17.1. The number of piperidine rings is 1. The van der Waals surface area contributed by atoms with E-state index in [0.29, 0.717) is 38.0 Å². The lowest BCUT2D eigenvalue weighted by molar-refractivity contribution is 0.0588. The standard InChI is InChI=1S/C26H32N4O5/c1-32-21-4-3-18-13-23(26(31)33-2)30(22(18)15-21)10-9-29-7-5-19(6-8-29)27-16-20-14-24-25(17-28-20)35-12-11-34-24/h3-4,13-15,17,19,27H,5-12,16H2,1-2H3. The number of ether oxygens (including phenoxy) is 4. The van der Waals surface area contributed by atoms with Crippen LogP contribution in [0.25, 0.3) is 10.9 Å². The molecule has 1 fully saturated rings. The molecule has 186 valence electrons. The molecule has 3 aromatic rings. The normalized spacial score (nSPS) is 16.4. The second-order valence-electron chi connectivity index (χ2n) is 8.91. The Morgan fingerprint density at radius 3 is 2.66 bits per heavy atom. The minimum atomic E-state index is -0.323. The second-order valence-corrected chi connectivity index (χ2v) is 8.91. The Labute approximate surface area is 204 Å². The van der Waals surface area contributed by atoms with Crippen LogP contribution in [-0.4, -0.2) is 73.5 Å². The van der Waals surface area contributed by atoms with Gasteiger partial charge in [0, 0.05) is 43.2 Å². The van der Waals surface area contributed by atoms with Gasteiger partial charge in [-0.1, -0.05) is 0 Å². The third-order valence-corrected chi connectivity index (χ3v) is 6.79. The molecule has 4 heterocycles. The van der Waals surface area contributed by atoms with Crippen molar-refractivity contribution < 1.29 is 23.7 Å². The lowest BCUT2D eigenvalue weighted by atomic mass is 10.0. The van der Waals surface area contributed by atoms with Gasteiger partial charge >= 0.3 is 5.97 Å². The highest BCUT2D eigenvalue weighted by atomic mass is 16.6. The summed E-state index contributed by atoms with van der Waals surface area (Å²) in [6.45, 7) is 5.44. The Morgan fingerprint density at radius 1 is 1.09 bits per heavy atom. The number of hydrogen-bond donors (Lipinski definition) is 1. The van der Waals surface area contributed by atoms with E-state index in [1.165, 1.54) is 7.11 Å². The summed E-state index contributed by atoms with van der Waals surface area (Å²) in [5, 5.41) is 4.64. The molecule has 0 spiro atoms. The number of pyridine rings is 1. The average Bonchev–Trinajstić information content (AvgIpc) is 3.28. The van der Waals surface area contributed by atoms with Crippen LogP contribution >= 0.6 is 0 Å². The van der Waals surface area contributed by atoms with E-state index >= 15 is 0 Å².